The van der Waals surface area contributed by atoms with Crippen LogP contribution in [0.1, 0.15) is 40.1 Å². The summed E-state index contributed by atoms with van der Waals surface area (Å²) in [6.45, 7) is 6.52. The summed E-state index contributed by atoms with van der Waals surface area (Å²) in [5.41, 5.74) is 1.66. The summed E-state index contributed by atoms with van der Waals surface area (Å²) in [7, 11) is 1.54. The van der Waals surface area contributed by atoms with Crippen LogP contribution in [-0.2, 0) is 6.54 Å². The lowest BCUT2D eigenvalue weighted by Crippen LogP contribution is -2.22. The van der Waals surface area contributed by atoms with E-state index in [2.05, 4.69) is 29.4 Å². The molecular formula is C22H25N3O3S. The van der Waals surface area contributed by atoms with Crippen LogP contribution in [0.25, 0.3) is 10.1 Å². The second kappa shape index (κ2) is 9.07. The number of carbonyl (C=O) groups excluding carboxylic acids is 2. The number of fused-ring (bicyclic) bond motifs is 1. The number of nitrogens with zero attached hydrogens (tertiary/aromatic N) is 1. The molecule has 0 bridgehead atoms. The average molecular weight is 412 g/mol. The summed E-state index contributed by atoms with van der Waals surface area (Å²) < 4.78 is 0.594. The molecule has 1 heterocycles. The van der Waals surface area contributed by atoms with Gasteiger partial charge in [0, 0.05) is 30.1 Å². The predicted molar refractivity (Wildman–Crippen MR) is 118 cm³/mol. The molecule has 0 unspecified atom stereocenters. The second-order valence-corrected chi connectivity index (χ2v) is 7.64. The number of hydrogen-bond acceptors (Lipinski definition) is 5. The standard InChI is InChI=1S/C22H25N3O3S/c1-4-25(5-2)13-15-11-12-16-17(21(28)23-3)22(29-19(16)18(15)26)24-20(27)14-9-7-6-8-10-14/h6-12,26H,4-5,13H2,1-3H3,(H,23,28)(H,24,27). The van der Waals surface area contributed by atoms with Crippen molar-refractivity contribution in [2.24, 2.45) is 0 Å². The number of thiophene rings is 1. The molecule has 6 nitrogen and oxygen atoms in total. The number of phenolic OH excluding ortho intramolecular Hbond substituents is 1. The summed E-state index contributed by atoms with van der Waals surface area (Å²) in [5, 5.41) is 17.4. The Labute approximate surface area is 174 Å². The summed E-state index contributed by atoms with van der Waals surface area (Å²) >= 11 is 1.21. The number of carbonyl (C=O) groups is 2. The van der Waals surface area contributed by atoms with Crippen molar-refractivity contribution in [3.05, 3.63) is 59.2 Å². The van der Waals surface area contributed by atoms with Gasteiger partial charge < -0.3 is 15.7 Å². The van der Waals surface area contributed by atoms with E-state index in [1.54, 1.807) is 31.3 Å². The van der Waals surface area contributed by atoms with Gasteiger partial charge in [-0.25, -0.2) is 0 Å². The Morgan fingerprint density at radius 1 is 1.03 bits per heavy atom. The Bertz CT molecular complexity index is 1030. The zero-order valence-corrected chi connectivity index (χ0v) is 17.6. The molecule has 3 N–H and O–H groups in total. The van der Waals surface area contributed by atoms with Gasteiger partial charge in [-0.15, -0.1) is 11.3 Å². The van der Waals surface area contributed by atoms with E-state index in [4.69, 9.17) is 0 Å². The lowest BCUT2D eigenvalue weighted by atomic mass is 10.1. The lowest BCUT2D eigenvalue weighted by Gasteiger charge is -2.18. The second-order valence-electron chi connectivity index (χ2n) is 6.62. The first-order valence-electron chi connectivity index (χ1n) is 9.58. The zero-order valence-electron chi connectivity index (χ0n) is 16.8. The van der Waals surface area contributed by atoms with E-state index in [0.29, 0.717) is 32.8 Å². The van der Waals surface area contributed by atoms with Crippen LogP contribution in [0.4, 0.5) is 5.00 Å². The molecule has 0 saturated heterocycles. The highest BCUT2D eigenvalue weighted by Crippen LogP contribution is 2.42. The third-order valence-electron chi connectivity index (χ3n) is 4.92. The molecule has 3 aromatic rings. The van der Waals surface area contributed by atoms with E-state index in [9.17, 15) is 14.7 Å². The fourth-order valence-corrected chi connectivity index (χ4v) is 4.37. The largest absolute Gasteiger partial charge is 0.506 e. The molecule has 2 aromatic carbocycles. The number of aromatic hydroxyl groups is 1. The van der Waals surface area contributed by atoms with E-state index in [-0.39, 0.29) is 17.6 Å². The molecule has 2 amide bonds. The molecule has 0 aliphatic heterocycles. The van der Waals surface area contributed by atoms with Gasteiger partial charge in [-0.1, -0.05) is 44.2 Å². The summed E-state index contributed by atoms with van der Waals surface area (Å²) in [5.74, 6) is -0.453. The van der Waals surface area contributed by atoms with Crippen molar-refractivity contribution in [3.8, 4) is 5.75 Å². The maximum Gasteiger partial charge on any atom is 0.256 e. The topological polar surface area (TPSA) is 81.7 Å². The Morgan fingerprint density at radius 2 is 1.72 bits per heavy atom. The Balaban J connectivity index is 2.05. The van der Waals surface area contributed by atoms with Crippen molar-refractivity contribution in [2.75, 3.05) is 25.5 Å². The highest BCUT2D eigenvalue weighted by Gasteiger charge is 2.23. The van der Waals surface area contributed by atoms with Crippen LogP contribution in [-0.4, -0.2) is 42.0 Å². The number of rotatable bonds is 7. The average Bonchev–Trinajstić information content (AvgIpc) is 3.12. The molecule has 152 valence electrons. The van der Waals surface area contributed by atoms with Crippen LogP contribution in [0, 0.1) is 0 Å². The van der Waals surface area contributed by atoms with Crippen LogP contribution >= 0.6 is 11.3 Å². The van der Waals surface area contributed by atoms with Gasteiger partial charge in [0.1, 0.15) is 10.8 Å². The van der Waals surface area contributed by atoms with Gasteiger partial charge in [0.25, 0.3) is 11.8 Å². The third kappa shape index (κ3) is 4.26. The zero-order chi connectivity index (χ0) is 21.0. The van der Waals surface area contributed by atoms with Gasteiger partial charge in [-0.3, -0.25) is 14.5 Å². The van der Waals surface area contributed by atoms with E-state index in [1.165, 1.54) is 11.3 Å². The molecule has 0 spiro atoms. The van der Waals surface area contributed by atoms with Crippen molar-refractivity contribution < 1.29 is 14.7 Å². The number of nitrogens with one attached hydrogen (secondary N) is 2. The first kappa shape index (κ1) is 20.8. The van der Waals surface area contributed by atoms with E-state index in [0.717, 1.165) is 18.7 Å². The lowest BCUT2D eigenvalue weighted by molar-refractivity contribution is 0.0966. The first-order chi connectivity index (χ1) is 14.0. The molecule has 0 aliphatic carbocycles. The van der Waals surface area contributed by atoms with Crippen molar-refractivity contribution in [2.45, 2.75) is 20.4 Å². The number of anilines is 1. The summed E-state index contributed by atoms with van der Waals surface area (Å²) in [6.07, 6.45) is 0. The molecule has 1 aromatic heterocycles. The smallest absolute Gasteiger partial charge is 0.256 e. The normalized spacial score (nSPS) is 11.0. The van der Waals surface area contributed by atoms with Gasteiger partial charge >= 0.3 is 0 Å². The summed E-state index contributed by atoms with van der Waals surface area (Å²) in [4.78, 5) is 27.4. The number of amides is 2. The molecule has 0 radical (unpaired) electrons. The Kier molecular flexibility index (Phi) is 6.51. The number of benzene rings is 2. The van der Waals surface area contributed by atoms with Crippen LogP contribution in [0.15, 0.2) is 42.5 Å². The first-order valence-corrected chi connectivity index (χ1v) is 10.4. The molecule has 29 heavy (non-hydrogen) atoms. The number of phenols is 1. The molecule has 7 heteroatoms. The third-order valence-corrected chi connectivity index (χ3v) is 6.05. The van der Waals surface area contributed by atoms with Crippen molar-refractivity contribution in [3.63, 3.8) is 0 Å². The summed E-state index contributed by atoms with van der Waals surface area (Å²) in [6, 6.07) is 12.5. The van der Waals surface area contributed by atoms with Crippen molar-refractivity contribution >= 4 is 38.2 Å². The van der Waals surface area contributed by atoms with Crippen LogP contribution in [0.5, 0.6) is 5.75 Å². The SMILES string of the molecule is CCN(CC)Cc1ccc2c(C(=O)NC)c(NC(=O)c3ccccc3)sc2c1O. The molecule has 0 atom stereocenters. The Hall–Kier alpha value is -2.90. The molecule has 3 rings (SSSR count). The van der Waals surface area contributed by atoms with Gasteiger partial charge in [-0.2, -0.15) is 0 Å². The van der Waals surface area contributed by atoms with E-state index >= 15 is 0 Å². The molecule has 0 aliphatic rings. The maximum absolute atomic E-state index is 12.6. The van der Waals surface area contributed by atoms with Crippen LogP contribution in [0.2, 0.25) is 0 Å². The Morgan fingerprint density at radius 3 is 2.34 bits per heavy atom. The van der Waals surface area contributed by atoms with Crippen molar-refractivity contribution in [1.29, 1.82) is 0 Å². The maximum atomic E-state index is 12.6. The van der Waals surface area contributed by atoms with E-state index in [1.807, 2.05) is 18.2 Å². The monoisotopic (exact) mass is 411 g/mol. The highest BCUT2D eigenvalue weighted by molar-refractivity contribution is 7.24. The minimum atomic E-state index is -0.310. The minimum absolute atomic E-state index is 0.157. The minimum Gasteiger partial charge on any atom is -0.506 e. The van der Waals surface area contributed by atoms with E-state index < -0.39 is 0 Å². The van der Waals surface area contributed by atoms with Crippen molar-refractivity contribution in [1.82, 2.24) is 10.2 Å². The van der Waals surface area contributed by atoms with Gasteiger partial charge in [-0.05, 0) is 25.2 Å². The van der Waals surface area contributed by atoms with Gasteiger partial charge in [0.15, 0.2) is 0 Å². The fourth-order valence-electron chi connectivity index (χ4n) is 3.21. The predicted octanol–water partition coefficient (Wildman–Crippen LogP) is 4.06. The number of hydrogen-bond donors (Lipinski definition) is 3. The molecular weight excluding hydrogens is 386 g/mol. The van der Waals surface area contributed by atoms with Gasteiger partial charge in [0.2, 0.25) is 0 Å². The van der Waals surface area contributed by atoms with Crippen LogP contribution in [0.3, 0.4) is 0 Å². The fraction of sp³-hybridized carbons (Fsp3) is 0.273. The van der Waals surface area contributed by atoms with Crippen LogP contribution < -0.4 is 10.6 Å². The quantitative estimate of drug-likeness (QED) is 0.548. The molecule has 0 saturated carbocycles. The highest BCUT2D eigenvalue weighted by atomic mass is 32.1. The van der Waals surface area contributed by atoms with Gasteiger partial charge in [0.05, 0.1) is 10.3 Å². The molecule has 0 fully saturated rings.